The molecule has 0 spiro atoms. The zero-order valence-corrected chi connectivity index (χ0v) is 17.6. The van der Waals surface area contributed by atoms with Gasteiger partial charge in [-0.3, -0.25) is 14.4 Å². The molecule has 3 N–H and O–H groups in total. The van der Waals surface area contributed by atoms with Gasteiger partial charge in [-0.1, -0.05) is 30.3 Å². The van der Waals surface area contributed by atoms with Crippen molar-refractivity contribution in [3.05, 3.63) is 65.2 Å². The van der Waals surface area contributed by atoms with E-state index in [1.807, 2.05) is 0 Å². The predicted molar refractivity (Wildman–Crippen MR) is 115 cm³/mol. The highest BCUT2D eigenvalue weighted by atomic mass is 16.5. The number of nitrogens with zero attached hydrogens (tertiary/aromatic N) is 1. The zero-order chi connectivity index (χ0) is 22.4. The number of likely N-dealkylation sites (tertiary alicyclic amines) is 1. The normalized spacial score (nSPS) is 18.0. The molecule has 8 heteroatoms. The highest BCUT2D eigenvalue weighted by molar-refractivity contribution is 5.98. The monoisotopic (exact) mass is 425 g/mol. The van der Waals surface area contributed by atoms with Crippen LogP contribution >= 0.6 is 0 Å². The van der Waals surface area contributed by atoms with E-state index in [0.717, 1.165) is 5.56 Å². The molecule has 1 heterocycles. The first-order valence-electron chi connectivity index (χ1n) is 10.1. The van der Waals surface area contributed by atoms with Gasteiger partial charge in [0.2, 0.25) is 5.91 Å². The SMILES string of the molecule is CNCC(=O)c1ccc(CNC(=O)C2CC(O)CN2C(=O)c2cccc(OC)c2)cc1. The Bertz CT molecular complexity index is 944. The summed E-state index contributed by atoms with van der Waals surface area (Å²) in [7, 11) is 3.23. The van der Waals surface area contributed by atoms with Crippen molar-refractivity contribution < 1.29 is 24.2 Å². The Morgan fingerprint density at radius 2 is 1.87 bits per heavy atom. The lowest BCUT2D eigenvalue weighted by molar-refractivity contribution is -0.125. The lowest BCUT2D eigenvalue weighted by atomic mass is 10.1. The molecule has 1 aliphatic heterocycles. The van der Waals surface area contributed by atoms with Crippen LogP contribution in [0.5, 0.6) is 5.75 Å². The van der Waals surface area contributed by atoms with Gasteiger partial charge in [0.1, 0.15) is 11.8 Å². The number of likely N-dealkylation sites (N-methyl/N-ethyl adjacent to an activating group) is 1. The predicted octanol–water partition coefficient (Wildman–Crippen LogP) is 0.989. The number of hydrogen-bond acceptors (Lipinski definition) is 6. The van der Waals surface area contributed by atoms with Crippen molar-refractivity contribution in [2.24, 2.45) is 0 Å². The van der Waals surface area contributed by atoms with Gasteiger partial charge >= 0.3 is 0 Å². The topological polar surface area (TPSA) is 108 Å². The second-order valence-electron chi connectivity index (χ2n) is 7.46. The molecule has 2 aromatic rings. The van der Waals surface area contributed by atoms with Crippen LogP contribution in [0.15, 0.2) is 48.5 Å². The number of ether oxygens (including phenoxy) is 1. The van der Waals surface area contributed by atoms with Crippen molar-refractivity contribution in [1.29, 1.82) is 0 Å². The number of ketones is 1. The molecule has 2 amide bonds. The molecule has 2 atom stereocenters. The van der Waals surface area contributed by atoms with Gasteiger partial charge in [-0.2, -0.15) is 0 Å². The van der Waals surface area contributed by atoms with E-state index >= 15 is 0 Å². The molecule has 164 valence electrons. The average molecular weight is 425 g/mol. The number of nitrogens with one attached hydrogen (secondary N) is 2. The van der Waals surface area contributed by atoms with Crippen LogP contribution in [0.2, 0.25) is 0 Å². The summed E-state index contributed by atoms with van der Waals surface area (Å²) in [6.45, 7) is 0.612. The van der Waals surface area contributed by atoms with E-state index in [1.54, 1.807) is 55.6 Å². The molecule has 0 aromatic heterocycles. The molecule has 2 aromatic carbocycles. The van der Waals surface area contributed by atoms with Gasteiger partial charge in [0.25, 0.3) is 5.91 Å². The summed E-state index contributed by atoms with van der Waals surface area (Å²) >= 11 is 0. The highest BCUT2D eigenvalue weighted by Crippen LogP contribution is 2.23. The van der Waals surface area contributed by atoms with E-state index in [1.165, 1.54) is 12.0 Å². The minimum absolute atomic E-state index is 0.00951. The first-order valence-corrected chi connectivity index (χ1v) is 10.1. The Morgan fingerprint density at radius 3 is 2.55 bits per heavy atom. The van der Waals surface area contributed by atoms with Gasteiger partial charge in [0.15, 0.2) is 5.78 Å². The number of rotatable bonds is 8. The number of carbonyl (C=O) groups excluding carboxylic acids is 3. The number of aliphatic hydroxyl groups excluding tert-OH is 1. The molecule has 1 fully saturated rings. The lowest BCUT2D eigenvalue weighted by Crippen LogP contribution is -2.45. The van der Waals surface area contributed by atoms with Gasteiger partial charge in [-0.05, 0) is 30.8 Å². The molecule has 0 bridgehead atoms. The summed E-state index contributed by atoms with van der Waals surface area (Å²) < 4.78 is 5.16. The first-order chi connectivity index (χ1) is 14.9. The summed E-state index contributed by atoms with van der Waals surface area (Å²) in [5, 5.41) is 15.7. The van der Waals surface area contributed by atoms with Gasteiger partial charge in [-0.15, -0.1) is 0 Å². The Balaban J connectivity index is 1.64. The van der Waals surface area contributed by atoms with Gasteiger partial charge in [-0.25, -0.2) is 0 Å². The largest absolute Gasteiger partial charge is 0.497 e. The van der Waals surface area contributed by atoms with Gasteiger partial charge < -0.3 is 25.4 Å². The van der Waals surface area contributed by atoms with E-state index in [9.17, 15) is 19.5 Å². The number of carbonyl (C=O) groups is 3. The molecular weight excluding hydrogens is 398 g/mol. The van der Waals surface area contributed by atoms with Crippen LogP contribution in [0.4, 0.5) is 0 Å². The Hall–Kier alpha value is -3.23. The number of hydrogen-bond donors (Lipinski definition) is 3. The number of benzene rings is 2. The summed E-state index contributed by atoms with van der Waals surface area (Å²) in [5.41, 5.74) is 1.82. The number of Topliss-reactive ketones (excluding diaryl/α,β-unsaturated/α-hetero) is 1. The van der Waals surface area contributed by atoms with Crippen molar-refractivity contribution in [1.82, 2.24) is 15.5 Å². The fourth-order valence-corrected chi connectivity index (χ4v) is 3.59. The molecule has 1 aliphatic rings. The third kappa shape index (κ3) is 5.48. The van der Waals surface area contributed by atoms with E-state index in [2.05, 4.69) is 10.6 Å². The molecule has 8 nitrogen and oxygen atoms in total. The molecule has 1 saturated heterocycles. The van der Waals surface area contributed by atoms with Crippen molar-refractivity contribution >= 4 is 17.6 Å². The standard InChI is InChI=1S/C23H27N3O5/c1-24-13-21(28)16-8-6-15(7-9-16)12-25-22(29)20-11-18(27)14-26(20)23(30)17-4-3-5-19(10-17)31-2/h3-10,18,20,24,27H,11-14H2,1-2H3,(H,25,29). The maximum atomic E-state index is 12.9. The maximum absolute atomic E-state index is 12.9. The van der Waals surface area contributed by atoms with E-state index in [-0.39, 0.29) is 43.7 Å². The molecule has 0 saturated carbocycles. The van der Waals surface area contributed by atoms with Crippen LogP contribution in [-0.4, -0.2) is 67.0 Å². The minimum atomic E-state index is -0.761. The molecule has 0 radical (unpaired) electrons. The number of methoxy groups -OCH3 is 1. The van der Waals surface area contributed by atoms with Crippen molar-refractivity contribution in [3.63, 3.8) is 0 Å². The molecule has 0 aliphatic carbocycles. The van der Waals surface area contributed by atoms with Crippen LogP contribution in [0.3, 0.4) is 0 Å². The summed E-state index contributed by atoms with van der Waals surface area (Å²) in [6, 6.07) is 13.0. The zero-order valence-electron chi connectivity index (χ0n) is 17.6. The van der Waals surface area contributed by atoms with E-state index in [0.29, 0.717) is 16.9 Å². The van der Waals surface area contributed by atoms with E-state index < -0.39 is 12.1 Å². The summed E-state index contributed by atoms with van der Waals surface area (Å²) in [4.78, 5) is 39.0. The number of β-amino-alcohol motifs (C(OH)–C–C–N with tert-alkyl or cyclic N) is 1. The Kier molecular flexibility index (Phi) is 7.38. The van der Waals surface area contributed by atoms with Gasteiger partial charge in [0.05, 0.1) is 19.8 Å². The summed E-state index contributed by atoms with van der Waals surface area (Å²) in [6.07, 6.45) is -0.582. The third-order valence-electron chi connectivity index (χ3n) is 5.24. The molecule has 31 heavy (non-hydrogen) atoms. The van der Waals surface area contributed by atoms with Crippen LogP contribution in [0.1, 0.15) is 32.7 Å². The van der Waals surface area contributed by atoms with Crippen LogP contribution in [0.25, 0.3) is 0 Å². The average Bonchev–Trinajstić information content (AvgIpc) is 3.19. The molecule has 3 rings (SSSR count). The molecular formula is C23H27N3O5. The highest BCUT2D eigenvalue weighted by Gasteiger charge is 2.39. The third-order valence-corrected chi connectivity index (χ3v) is 5.24. The molecule has 2 unspecified atom stereocenters. The Labute approximate surface area is 181 Å². The summed E-state index contributed by atoms with van der Waals surface area (Å²) in [5.74, 6) is -0.126. The lowest BCUT2D eigenvalue weighted by Gasteiger charge is -2.24. The van der Waals surface area contributed by atoms with Gasteiger partial charge in [0, 0.05) is 30.6 Å². The van der Waals surface area contributed by atoms with Crippen LogP contribution in [-0.2, 0) is 11.3 Å². The van der Waals surface area contributed by atoms with Crippen molar-refractivity contribution in [3.8, 4) is 5.75 Å². The second-order valence-corrected chi connectivity index (χ2v) is 7.46. The van der Waals surface area contributed by atoms with Crippen LogP contribution in [0, 0.1) is 0 Å². The fraction of sp³-hybridized carbons (Fsp3) is 0.348. The smallest absolute Gasteiger partial charge is 0.254 e. The maximum Gasteiger partial charge on any atom is 0.254 e. The minimum Gasteiger partial charge on any atom is -0.497 e. The number of aliphatic hydroxyl groups is 1. The fourth-order valence-electron chi connectivity index (χ4n) is 3.59. The Morgan fingerprint density at radius 1 is 1.13 bits per heavy atom. The first kappa shape index (κ1) is 22.5. The quantitative estimate of drug-likeness (QED) is 0.545. The van der Waals surface area contributed by atoms with Crippen molar-refractivity contribution in [2.75, 3.05) is 27.2 Å². The number of amides is 2. The second kappa shape index (κ2) is 10.2. The van der Waals surface area contributed by atoms with E-state index in [4.69, 9.17) is 4.74 Å². The van der Waals surface area contributed by atoms with Crippen LogP contribution < -0.4 is 15.4 Å². The van der Waals surface area contributed by atoms with Crippen molar-refractivity contribution in [2.45, 2.75) is 25.1 Å².